The highest BCUT2D eigenvalue weighted by atomic mass is 19.3. The maximum absolute atomic E-state index is 13.3. The van der Waals surface area contributed by atoms with Crippen molar-refractivity contribution in [3.63, 3.8) is 0 Å². The number of amides is 1. The highest BCUT2D eigenvalue weighted by Crippen LogP contribution is 2.31. The zero-order valence-electron chi connectivity index (χ0n) is 13.4. The van der Waals surface area contributed by atoms with Crippen LogP contribution < -0.4 is 5.32 Å². The fraction of sp³-hybridized carbons (Fsp3) is 0.786. The van der Waals surface area contributed by atoms with Crippen LogP contribution in [0, 0.1) is 0 Å². The summed E-state index contributed by atoms with van der Waals surface area (Å²) >= 11 is 0. The van der Waals surface area contributed by atoms with Crippen LogP contribution in [0.4, 0.5) is 8.78 Å². The van der Waals surface area contributed by atoms with E-state index in [1.54, 1.807) is 6.92 Å². The van der Waals surface area contributed by atoms with Crippen LogP contribution >= 0.6 is 0 Å². The molecule has 9 heteroatoms. The molecule has 0 saturated carbocycles. The Hall–Kier alpha value is -1.77. The van der Waals surface area contributed by atoms with Gasteiger partial charge in [0.2, 0.25) is 5.91 Å². The maximum Gasteiger partial charge on any atom is 0.303 e. The minimum absolute atomic E-state index is 0.290. The largest absolute Gasteiger partial charge is 0.456 e. The maximum atomic E-state index is 13.3. The predicted octanol–water partition coefficient (Wildman–Crippen LogP) is 0.797. The van der Waals surface area contributed by atoms with Gasteiger partial charge in [0.1, 0.15) is 0 Å². The summed E-state index contributed by atoms with van der Waals surface area (Å²) in [7, 11) is 0. The third-order valence-electron chi connectivity index (χ3n) is 3.36. The Morgan fingerprint density at radius 2 is 1.61 bits per heavy atom. The Morgan fingerprint density at radius 3 is 2.00 bits per heavy atom. The van der Waals surface area contributed by atoms with Crippen molar-refractivity contribution in [2.45, 2.75) is 71.0 Å². The first-order chi connectivity index (χ1) is 10.7. The zero-order valence-corrected chi connectivity index (χ0v) is 13.4. The molecule has 1 amide bonds. The molecule has 1 heterocycles. The van der Waals surface area contributed by atoms with E-state index < -0.39 is 54.7 Å². The van der Waals surface area contributed by atoms with Crippen molar-refractivity contribution < 1.29 is 37.4 Å². The minimum atomic E-state index is -2.95. The first-order valence-corrected chi connectivity index (χ1v) is 7.22. The number of ether oxygens (including phenoxy) is 3. The summed E-state index contributed by atoms with van der Waals surface area (Å²) in [5.74, 6) is -2.02. The highest BCUT2D eigenvalue weighted by Gasteiger charge is 2.52. The van der Waals surface area contributed by atoms with Gasteiger partial charge in [-0.3, -0.25) is 14.4 Å². The molecule has 0 spiro atoms. The van der Waals surface area contributed by atoms with Gasteiger partial charge in [0.05, 0.1) is 12.1 Å². The second-order valence-corrected chi connectivity index (χ2v) is 5.26. The third kappa shape index (κ3) is 5.12. The monoisotopic (exact) mass is 337 g/mol. The van der Waals surface area contributed by atoms with Crippen molar-refractivity contribution in [1.82, 2.24) is 5.32 Å². The summed E-state index contributed by atoms with van der Waals surface area (Å²) in [5.41, 5.74) is 0. The van der Waals surface area contributed by atoms with E-state index in [2.05, 4.69) is 5.32 Å². The molecule has 0 bridgehead atoms. The standard InChI is InChI=1S/C14H21F2NO6/c1-5-9-10(17-6(2)18)11(21-7(3)19)12(22-8(4)20)13(23-9)14(15)16/h9-14H,5H2,1-4H3,(H,17,18). The number of hydrogen-bond acceptors (Lipinski definition) is 6. The van der Waals surface area contributed by atoms with Crippen LogP contribution in [0.5, 0.6) is 0 Å². The lowest BCUT2D eigenvalue weighted by molar-refractivity contribution is -0.237. The molecule has 0 aromatic carbocycles. The lowest BCUT2D eigenvalue weighted by Gasteiger charge is -2.45. The Bertz CT molecular complexity index is 459. The van der Waals surface area contributed by atoms with E-state index in [4.69, 9.17) is 14.2 Å². The van der Waals surface area contributed by atoms with Gasteiger partial charge in [-0.15, -0.1) is 0 Å². The molecule has 1 N–H and O–H groups in total. The van der Waals surface area contributed by atoms with Gasteiger partial charge in [-0.2, -0.15) is 0 Å². The van der Waals surface area contributed by atoms with Crippen LogP contribution in [0.15, 0.2) is 0 Å². The summed E-state index contributed by atoms with van der Waals surface area (Å²) in [4.78, 5) is 34.0. The Balaban J connectivity index is 3.22. The summed E-state index contributed by atoms with van der Waals surface area (Å²) in [6.07, 6.45) is -8.01. The molecule has 1 aliphatic rings. The molecule has 1 aliphatic heterocycles. The van der Waals surface area contributed by atoms with Gasteiger partial charge >= 0.3 is 11.9 Å². The Labute approximate surface area is 132 Å². The van der Waals surface area contributed by atoms with Crippen molar-refractivity contribution in [2.75, 3.05) is 0 Å². The van der Waals surface area contributed by atoms with E-state index in [9.17, 15) is 23.2 Å². The number of carbonyl (C=O) groups is 3. The van der Waals surface area contributed by atoms with E-state index in [-0.39, 0.29) is 0 Å². The van der Waals surface area contributed by atoms with Crippen molar-refractivity contribution in [2.24, 2.45) is 0 Å². The summed E-state index contributed by atoms with van der Waals surface area (Å²) in [5, 5.41) is 2.52. The van der Waals surface area contributed by atoms with E-state index in [1.165, 1.54) is 6.92 Å². The van der Waals surface area contributed by atoms with E-state index in [0.717, 1.165) is 13.8 Å². The van der Waals surface area contributed by atoms with Crippen molar-refractivity contribution in [1.29, 1.82) is 0 Å². The number of nitrogens with one attached hydrogen (secondary N) is 1. The quantitative estimate of drug-likeness (QED) is 0.746. The normalized spacial score (nSPS) is 30.7. The molecule has 23 heavy (non-hydrogen) atoms. The van der Waals surface area contributed by atoms with Crippen LogP contribution in [-0.2, 0) is 28.6 Å². The van der Waals surface area contributed by atoms with Crippen LogP contribution in [-0.4, -0.2) is 54.7 Å². The lowest BCUT2D eigenvalue weighted by Crippen LogP contribution is -2.66. The van der Waals surface area contributed by atoms with Crippen LogP contribution in [0.1, 0.15) is 34.1 Å². The molecule has 0 radical (unpaired) electrons. The number of carbonyl (C=O) groups excluding carboxylic acids is 3. The van der Waals surface area contributed by atoms with E-state index in [1.807, 2.05) is 0 Å². The summed E-state index contributed by atoms with van der Waals surface area (Å²) in [6, 6.07) is -0.902. The summed E-state index contributed by atoms with van der Waals surface area (Å²) in [6.45, 7) is 5.06. The molecule has 1 saturated heterocycles. The molecule has 5 unspecified atom stereocenters. The smallest absolute Gasteiger partial charge is 0.303 e. The Morgan fingerprint density at radius 1 is 1.09 bits per heavy atom. The van der Waals surface area contributed by atoms with Gasteiger partial charge in [0.15, 0.2) is 18.3 Å². The van der Waals surface area contributed by atoms with Gasteiger partial charge in [0.25, 0.3) is 6.43 Å². The number of rotatable bonds is 5. The molecule has 1 fully saturated rings. The molecule has 1 rings (SSSR count). The molecule has 5 atom stereocenters. The average Bonchev–Trinajstić information content (AvgIpc) is 2.40. The summed E-state index contributed by atoms with van der Waals surface area (Å²) < 4.78 is 41.9. The molecular weight excluding hydrogens is 316 g/mol. The van der Waals surface area contributed by atoms with E-state index in [0.29, 0.717) is 6.42 Å². The van der Waals surface area contributed by atoms with Gasteiger partial charge in [-0.25, -0.2) is 8.78 Å². The van der Waals surface area contributed by atoms with Crippen molar-refractivity contribution in [3.8, 4) is 0 Å². The number of alkyl halides is 2. The lowest BCUT2D eigenvalue weighted by atomic mass is 9.90. The zero-order chi connectivity index (χ0) is 17.7. The van der Waals surface area contributed by atoms with Gasteiger partial charge in [0, 0.05) is 20.8 Å². The highest BCUT2D eigenvalue weighted by molar-refractivity contribution is 5.73. The minimum Gasteiger partial charge on any atom is -0.456 e. The third-order valence-corrected chi connectivity index (χ3v) is 3.36. The SMILES string of the molecule is CCC1OC(C(F)F)C(OC(C)=O)C(OC(C)=O)C1NC(C)=O. The number of esters is 2. The van der Waals surface area contributed by atoms with Crippen LogP contribution in [0.25, 0.3) is 0 Å². The molecule has 7 nitrogen and oxygen atoms in total. The first-order valence-electron chi connectivity index (χ1n) is 7.22. The molecular formula is C14H21F2NO6. The van der Waals surface area contributed by atoms with Crippen LogP contribution in [0.3, 0.4) is 0 Å². The fourth-order valence-corrected chi connectivity index (χ4v) is 2.59. The molecule has 0 aromatic rings. The fourth-order valence-electron chi connectivity index (χ4n) is 2.59. The molecule has 132 valence electrons. The Kier molecular flexibility index (Phi) is 6.86. The molecule has 0 aromatic heterocycles. The number of hydrogen-bond donors (Lipinski definition) is 1. The van der Waals surface area contributed by atoms with Gasteiger partial charge < -0.3 is 19.5 Å². The second-order valence-electron chi connectivity index (χ2n) is 5.26. The first kappa shape index (κ1) is 19.3. The predicted molar refractivity (Wildman–Crippen MR) is 73.7 cm³/mol. The van der Waals surface area contributed by atoms with Crippen LogP contribution in [0.2, 0.25) is 0 Å². The average molecular weight is 337 g/mol. The molecule has 0 aliphatic carbocycles. The van der Waals surface area contributed by atoms with Crippen molar-refractivity contribution >= 4 is 17.8 Å². The van der Waals surface area contributed by atoms with E-state index >= 15 is 0 Å². The van der Waals surface area contributed by atoms with Gasteiger partial charge in [-0.1, -0.05) is 6.92 Å². The number of halogens is 2. The van der Waals surface area contributed by atoms with Crippen molar-refractivity contribution in [3.05, 3.63) is 0 Å². The van der Waals surface area contributed by atoms with Gasteiger partial charge in [-0.05, 0) is 6.42 Å². The topological polar surface area (TPSA) is 90.9 Å². The second kappa shape index (κ2) is 8.19.